The van der Waals surface area contributed by atoms with E-state index in [0.717, 1.165) is 27.7 Å². The molecule has 0 N–H and O–H groups in total. The first-order valence-electron chi connectivity index (χ1n) is 8.83. The highest BCUT2D eigenvalue weighted by Crippen LogP contribution is 2.34. The Labute approximate surface area is 176 Å². The fourth-order valence-corrected chi connectivity index (χ4v) is 3.74. The zero-order valence-electron chi connectivity index (χ0n) is 17.7. The van der Waals surface area contributed by atoms with Crippen LogP contribution in [0.3, 0.4) is 0 Å². The van der Waals surface area contributed by atoms with E-state index in [1.54, 1.807) is 32.2 Å². The second-order valence-corrected chi connectivity index (χ2v) is 7.07. The van der Waals surface area contributed by atoms with Gasteiger partial charge in [0, 0.05) is 51.0 Å². The summed E-state index contributed by atoms with van der Waals surface area (Å²) in [4.78, 5) is 22.2. The van der Waals surface area contributed by atoms with Crippen LogP contribution in [0.2, 0.25) is 0 Å². The maximum atomic E-state index is 8.00. The molecule has 6 nitrogen and oxygen atoms in total. The highest BCUT2D eigenvalue weighted by molar-refractivity contribution is 8.07. The summed E-state index contributed by atoms with van der Waals surface area (Å²) < 4.78 is 6.35. The van der Waals surface area contributed by atoms with Gasteiger partial charge in [0.15, 0.2) is 0 Å². The second kappa shape index (κ2) is 12.6. The van der Waals surface area contributed by atoms with Crippen LogP contribution in [-0.2, 0) is 22.3 Å². The molecule has 3 heterocycles. The van der Waals surface area contributed by atoms with E-state index >= 15 is 0 Å². The lowest BCUT2D eigenvalue weighted by atomic mass is 10.2. The van der Waals surface area contributed by atoms with Crippen molar-refractivity contribution >= 4 is 41.1 Å². The number of aliphatic imine (C=N–C) groups is 1. The quantitative estimate of drug-likeness (QED) is 0.569. The molecule has 3 rings (SSSR count). The minimum atomic E-state index is 0.823. The molecule has 0 saturated carbocycles. The van der Waals surface area contributed by atoms with Gasteiger partial charge in [0.05, 0.1) is 27.5 Å². The Kier molecular flexibility index (Phi) is 10.6. The third kappa shape index (κ3) is 6.66. The lowest BCUT2D eigenvalue weighted by Gasteiger charge is -2.11. The van der Waals surface area contributed by atoms with Gasteiger partial charge in [0.2, 0.25) is 0 Å². The van der Waals surface area contributed by atoms with Gasteiger partial charge in [0.25, 0.3) is 0 Å². The van der Waals surface area contributed by atoms with Gasteiger partial charge in [-0.3, -0.25) is 15.0 Å². The van der Waals surface area contributed by atoms with Gasteiger partial charge in [-0.05, 0) is 44.3 Å². The lowest BCUT2D eigenvalue weighted by Crippen LogP contribution is -1.96. The summed E-state index contributed by atoms with van der Waals surface area (Å²) in [6.45, 7) is 9.71. The van der Waals surface area contributed by atoms with Crippen LogP contribution in [0.4, 0.5) is 0 Å². The summed E-state index contributed by atoms with van der Waals surface area (Å²) >= 11 is 1.72. The van der Waals surface area contributed by atoms with Crippen LogP contribution in [0.15, 0.2) is 53.5 Å². The molecule has 29 heavy (non-hydrogen) atoms. The first-order valence-corrected chi connectivity index (χ1v) is 9.81. The van der Waals surface area contributed by atoms with E-state index in [0.29, 0.717) is 0 Å². The Morgan fingerprint density at radius 2 is 2.00 bits per heavy atom. The van der Waals surface area contributed by atoms with Crippen molar-refractivity contribution in [2.24, 2.45) is 12.0 Å². The molecule has 0 aliphatic carbocycles. The molecule has 0 unspecified atom stereocenters. The lowest BCUT2D eigenvalue weighted by molar-refractivity contribution is -0.0979. The Balaban J connectivity index is 0.000000771. The Morgan fingerprint density at radius 1 is 1.31 bits per heavy atom. The first kappa shape index (κ1) is 24.3. The number of allylic oxidation sites excluding steroid dienone is 1. The van der Waals surface area contributed by atoms with Gasteiger partial charge in [-0.25, -0.2) is 0 Å². The summed E-state index contributed by atoms with van der Waals surface area (Å²) in [5.41, 5.74) is 5.20. The summed E-state index contributed by atoms with van der Waals surface area (Å²) in [6, 6.07) is 8.28. The van der Waals surface area contributed by atoms with Crippen LogP contribution in [0.25, 0.3) is 15.8 Å². The third-order valence-electron chi connectivity index (χ3n) is 3.93. The number of pyridine rings is 2. The molecule has 0 fully saturated rings. The maximum Gasteiger partial charge on any atom is 0.106 e. The van der Waals surface area contributed by atoms with E-state index in [-0.39, 0.29) is 0 Å². The Morgan fingerprint density at radius 3 is 2.59 bits per heavy atom. The number of carbonyl (C=O) groups excluding carboxylic acids is 1. The van der Waals surface area contributed by atoms with Crippen LogP contribution in [0.1, 0.15) is 23.9 Å². The van der Waals surface area contributed by atoms with Gasteiger partial charge in [0.1, 0.15) is 6.79 Å². The van der Waals surface area contributed by atoms with Crippen molar-refractivity contribution in [2.75, 3.05) is 14.2 Å². The topological polar surface area (TPSA) is 69.4 Å². The highest BCUT2D eigenvalue weighted by atomic mass is 32.2. The van der Waals surface area contributed by atoms with Crippen LogP contribution in [0, 0.1) is 6.92 Å². The van der Waals surface area contributed by atoms with Crippen molar-refractivity contribution in [3.05, 3.63) is 65.5 Å². The number of nitrogens with zero attached hydrogens (tertiary/aromatic N) is 4. The summed E-state index contributed by atoms with van der Waals surface area (Å²) in [5.74, 6) is 0.823. The molecule has 7 heteroatoms. The SMILES string of the molecule is C=N/C(C)=C(\SCc1cccnc1)c1cc2ccn(C)c2c(C)n1.C=O.COC. The number of thioether (sulfide) groups is 1. The van der Waals surface area contributed by atoms with E-state index in [9.17, 15) is 0 Å². The molecule has 3 aromatic rings. The zero-order chi connectivity index (χ0) is 21.8. The number of aromatic nitrogens is 3. The van der Waals surface area contributed by atoms with Crippen molar-refractivity contribution in [1.29, 1.82) is 0 Å². The number of methoxy groups -OCH3 is 1. The molecular weight excluding hydrogens is 384 g/mol. The van der Waals surface area contributed by atoms with Crippen molar-refractivity contribution in [2.45, 2.75) is 19.6 Å². The monoisotopic (exact) mass is 412 g/mol. The number of fused-ring (bicyclic) bond motifs is 1. The number of aryl methyl sites for hydroxylation is 2. The predicted octanol–water partition coefficient (Wildman–Crippen LogP) is 4.68. The summed E-state index contributed by atoms with van der Waals surface area (Å²) in [6.07, 6.45) is 5.74. The number of hydrogen-bond acceptors (Lipinski definition) is 6. The van der Waals surface area contributed by atoms with Crippen molar-refractivity contribution < 1.29 is 9.53 Å². The normalized spacial score (nSPS) is 10.9. The third-order valence-corrected chi connectivity index (χ3v) is 5.20. The number of hydrogen-bond donors (Lipinski definition) is 0. The maximum absolute atomic E-state index is 8.00. The second-order valence-electron chi connectivity index (χ2n) is 6.09. The number of rotatable bonds is 5. The molecule has 3 aromatic heterocycles. The van der Waals surface area contributed by atoms with Crippen LogP contribution in [0.5, 0.6) is 0 Å². The van der Waals surface area contributed by atoms with Crippen molar-refractivity contribution in [1.82, 2.24) is 14.5 Å². The average molecular weight is 413 g/mol. The molecule has 0 radical (unpaired) electrons. The molecule has 0 aromatic carbocycles. The van der Waals surface area contributed by atoms with Crippen LogP contribution < -0.4 is 0 Å². The van der Waals surface area contributed by atoms with Gasteiger partial charge in [-0.2, -0.15) is 0 Å². The van der Waals surface area contributed by atoms with Gasteiger partial charge in [-0.1, -0.05) is 6.07 Å². The zero-order valence-corrected chi connectivity index (χ0v) is 18.5. The predicted molar refractivity (Wildman–Crippen MR) is 123 cm³/mol. The molecular formula is C22H28N4O2S. The first-order chi connectivity index (χ1) is 14.0. The minimum absolute atomic E-state index is 0.823. The molecule has 154 valence electrons. The molecule has 0 amide bonds. The number of carbonyl (C=O) groups is 1. The number of ether oxygens (including phenoxy) is 1. The Hall–Kier alpha value is -2.77. The Bertz CT molecular complexity index is 952. The van der Waals surface area contributed by atoms with Crippen molar-refractivity contribution in [3.8, 4) is 0 Å². The van der Waals surface area contributed by atoms with Crippen LogP contribution >= 0.6 is 11.8 Å². The van der Waals surface area contributed by atoms with Crippen molar-refractivity contribution in [3.63, 3.8) is 0 Å². The van der Waals surface area contributed by atoms with E-state index in [1.165, 1.54) is 16.5 Å². The van der Waals surface area contributed by atoms with E-state index in [4.69, 9.17) is 9.78 Å². The van der Waals surface area contributed by atoms with E-state index in [1.807, 2.05) is 39.9 Å². The molecule has 0 saturated heterocycles. The van der Waals surface area contributed by atoms with E-state index < -0.39 is 0 Å². The highest BCUT2D eigenvalue weighted by Gasteiger charge is 2.13. The van der Waals surface area contributed by atoms with Crippen LogP contribution in [-0.4, -0.2) is 42.3 Å². The van der Waals surface area contributed by atoms with E-state index in [2.05, 4.69) is 50.4 Å². The smallest absolute Gasteiger partial charge is 0.106 e. The molecule has 0 aliphatic heterocycles. The van der Waals surface area contributed by atoms with Gasteiger partial charge >= 0.3 is 0 Å². The standard InChI is InChI=1S/C19H20N4S.C2H6O.CH2O/c1-13-18-16(7-9-23(18)4)10-17(22-13)19(14(2)20-3)24-12-15-6-5-8-21-11-15;1-3-2;1-2/h5-11H,3,12H2,1-2,4H3;1-2H3;1H2/b19-14-;;. The summed E-state index contributed by atoms with van der Waals surface area (Å²) in [7, 11) is 5.29. The average Bonchev–Trinajstić information content (AvgIpc) is 3.12. The molecule has 0 bridgehead atoms. The fourth-order valence-electron chi connectivity index (χ4n) is 2.73. The minimum Gasteiger partial charge on any atom is -0.388 e. The molecule has 0 atom stereocenters. The molecule has 0 aliphatic rings. The summed E-state index contributed by atoms with van der Waals surface area (Å²) in [5, 5.41) is 1.19. The largest absolute Gasteiger partial charge is 0.388 e. The van der Waals surface area contributed by atoms with Gasteiger partial charge < -0.3 is 14.1 Å². The fraction of sp³-hybridized carbons (Fsp3) is 0.273. The molecule has 0 spiro atoms. The van der Waals surface area contributed by atoms with Gasteiger partial charge in [-0.15, -0.1) is 11.8 Å².